The molecule has 2 N–H and O–H groups in total. The maximum Gasteiger partial charge on any atom is 0.162 e. The first-order chi connectivity index (χ1) is 11.7. The monoisotopic (exact) mass is 336 g/mol. The van der Waals surface area contributed by atoms with E-state index in [1.165, 1.54) is 5.56 Å². The van der Waals surface area contributed by atoms with Crippen LogP contribution in [-0.4, -0.2) is 36.3 Å². The highest BCUT2D eigenvalue weighted by Gasteiger charge is 2.18. The van der Waals surface area contributed by atoms with Crippen molar-refractivity contribution in [2.45, 2.75) is 14.4 Å². The Bertz CT molecular complexity index is 871. The summed E-state index contributed by atoms with van der Waals surface area (Å²) in [6, 6.07) is 14.0. The van der Waals surface area contributed by atoms with Crippen LogP contribution >= 0.6 is 0 Å². The highest BCUT2D eigenvalue weighted by atomic mass is 16.5. The van der Waals surface area contributed by atoms with E-state index in [2.05, 4.69) is 30.0 Å². The van der Waals surface area contributed by atoms with Crippen LogP contribution in [0, 0.1) is 6.92 Å². The number of nitrogen functional groups attached to an aromatic ring is 1. The minimum Gasteiger partial charge on any atom is -0.399 e. The molecule has 1 saturated heterocycles. The summed E-state index contributed by atoms with van der Waals surface area (Å²) in [4.78, 5) is 11.9. The van der Waals surface area contributed by atoms with Crippen molar-refractivity contribution in [3.8, 4) is 11.4 Å². The van der Waals surface area contributed by atoms with Crippen LogP contribution in [0.1, 0.15) is 13.0 Å². The third-order valence-electron chi connectivity index (χ3n) is 4.31. The largest absolute Gasteiger partial charge is 0.399 e. The maximum absolute atomic E-state index is 5.80. The third kappa shape index (κ3) is 3.42. The summed E-state index contributed by atoms with van der Waals surface area (Å²) in [7, 11) is 0. The van der Waals surface area contributed by atoms with E-state index in [1.54, 1.807) is 0 Å². The van der Waals surface area contributed by atoms with Gasteiger partial charge in [-0.15, -0.1) is 0 Å². The average molecular weight is 336 g/mol. The lowest BCUT2D eigenvalue weighted by Gasteiger charge is -2.29. The highest BCUT2D eigenvalue weighted by Crippen LogP contribution is 2.29. The van der Waals surface area contributed by atoms with Gasteiger partial charge in [0.15, 0.2) is 5.82 Å². The number of morpholine rings is 1. The predicted molar refractivity (Wildman–Crippen MR) is 104 cm³/mol. The Hall–Kier alpha value is -2.66. The molecular weight excluding hydrogens is 312 g/mol. The number of rotatable bonds is 2. The summed E-state index contributed by atoms with van der Waals surface area (Å²) in [5.41, 5.74) is 9.68. The first kappa shape index (κ1) is 17.2. The molecule has 1 fully saturated rings. The predicted octanol–water partition coefficient (Wildman–Crippen LogP) is 3.66. The van der Waals surface area contributed by atoms with Crippen LogP contribution in [0.15, 0.2) is 42.5 Å². The van der Waals surface area contributed by atoms with Crippen molar-refractivity contribution in [2.75, 3.05) is 36.9 Å². The second-order valence-electron chi connectivity index (χ2n) is 6.11. The van der Waals surface area contributed by atoms with E-state index < -0.39 is 0 Å². The Morgan fingerprint density at radius 3 is 2.44 bits per heavy atom. The number of hydrogen-bond acceptors (Lipinski definition) is 5. The lowest BCUT2D eigenvalue weighted by atomic mass is 10.1. The van der Waals surface area contributed by atoms with E-state index in [1.807, 2.05) is 24.3 Å². The molecule has 4 rings (SSSR count). The lowest BCUT2D eigenvalue weighted by molar-refractivity contribution is 0.122. The van der Waals surface area contributed by atoms with E-state index in [0.29, 0.717) is 0 Å². The van der Waals surface area contributed by atoms with Gasteiger partial charge in [0, 0.05) is 29.7 Å². The number of nitrogens with zero attached hydrogens (tertiary/aromatic N) is 3. The molecule has 1 aromatic heterocycles. The van der Waals surface area contributed by atoms with Crippen molar-refractivity contribution in [1.29, 1.82) is 0 Å². The fourth-order valence-electron chi connectivity index (χ4n) is 3.00. The van der Waals surface area contributed by atoms with Crippen LogP contribution < -0.4 is 10.6 Å². The lowest BCUT2D eigenvalue weighted by Crippen LogP contribution is -2.37. The zero-order valence-electron chi connectivity index (χ0n) is 13.7. The van der Waals surface area contributed by atoms with Crippen molar-refractivity contribution in [3.63, 3.8) is 0 Å². The van der Waals surface area contributed by atoms with Crippen molar-refractivity contribution >= 4 is 22.4 Å². The number of nitrogens with two attached hydrogens (primary N) is 1. The molecule has 0 aliphatic carbocycles. The maximum atomic E-state index is 5.80. The molecule has 5 nitrogen and oxygen atoms in total. The molecule has 130 valence electrons. The summed E-state index contributed by atoms with van der Waals surface area (Å²) < 4.78 is 5.48. The highest BCUT2D eigenvalue weighted by molar-refractivity contribution is 5.91. The van der Waals surface area contributed by atoms with Gasteiger partial charge >= 0.3 is 0 Å². The van der Waals surface area contributed by atoms with Gasteiger partial charge in [-0.3, -0.25) is 0 Å². The molecule has 1 aliphatic rings. The van der Waals surface area contributed by atoms with Gasteiger partial charge in [-0.05, 0) is 48.9 Å². The zero-order valence-corrected chi connectivity index (χ0v) is 13.7. The number of hydrogen-bond donors (Lipinski definition) is 1. The molecule has 2 heterocycles. The Morgan fingerprint density at radius 1 is 1.00 bits per heavy atom. The fourth-order valence-corrected chi connectivity index (χ4v) is 3.00. The van der Waals surface area contributed by atoms with Gasteiger partial charge in [-0.25, -0.2) is 9.97 Å². The zero-order chi connectivity index (χ0) is 16.5. The molecular formula is C20H24N4O. The smallest absolute Gasteiger partial charge is 0.162 e. The van der Waals surface area contributed by atoms with E-state index in [0.717, 1.165) is 60.1 Å². The number of anilines is 2. The molecule has 3 aromatic rings. The van der Waals surface area contributed by atoms with Gasteiger partial charge < -0.3 is 15.4 Å². The van der Waals surface area contributed by atoms with E-state index in [9.17, 15) is 0 Å². The van der Waals surface area contributed by atoms with Crippen LogP contribution in [0.2, 0.25) is 0 Å². The van der Waals surface area contributed by atoms with Crippen molar-refractivity contribution in [3.05, 3.63) is 48.0 Å². The van der Waals surface area contributed by atoms with Crippen molar-refractivity contribution in [2.24, 2.45) is 0 Å². The van der Waals surface area contributed by atoms with Gasteiger partial charge in [-0.1, -0.05) is 13.5 Å². The van der Waals surface area contributed by atoms with Gasteiger partial charge in [0.05, 0.1) is 18.7 Å². The first-order valence-electron chi connectivity index (χ1n) is 8.18. The second kappa shape index (κ2) is 7.07. The van der Waals surface area contributed by atoms with Gasteiger partial charge in [0.1, 0.15) is 5.82 Å². The average Bonchev–Trinajstić information content (AvgIpc) is 2.62. The Labute approximate surface area is 148 Å². The Morgan fingerprint density at radius 2 is 1.72 bits per heavy atom. The summed E-state index contributed by atoms with van der Waals surface area (Å²) >= 11 is 0. The fraction of sp³-hybridized carbons (Fsp3) is 0.300. The summed E-state index contributed by atoms with van der Waals surface area (Å²) in [6.45, 7) is 5.24. The third-order valence-corrected chi connectivity index (χ3v) is 4.31. The Balaban J connectivity index is 0.00000182. The number of aryl methyl sites for hydroxylation is 1. The van der Waals surface area contributed by atoms with Crippen LogP contribution in [0.3, 0.4) is 0 Å². The summed E-state index contributed by atoms with van der Waals surface area (Å²) in [5.74, 6) is 1.71. The van der Waals surface area contributed by atoms with E-state index >= 15 is 0 Å². The molecule has 0 radical (unpaired) electrons. The summed E-state index contributed by atoms with van der Waals surface area (Å²) in [5, 5.41) is 1.08. The van der Waals surface area contributed by atoms with Crippen LogP contribution in [0.4, 0.5) is 11.5 Å². The van der Waals surface area contributed by atoms with Crippen LogP contribution in [-0.2, 0) is 4.74 Å². The number of fused-ring (bicyclic) bond motifs is 1. The molecule has 0 amide bonds. The van der Waals surface area contributed by atoms with E-state index in [-0.39, 0.29) is 7.43 Å². The number of benzene rings is 2. The minimum atomic E-state index is 0. The molecule has 5 heteroatoms. The standard InChI is InChI=1S/C19H20N4O.CH4/c1-13-2-7-16-17(12-13)21-18(14-3-5-15(20)6-4-14)22-19(16)23-8-10-24-11-9-23;/h2-7,12H,8-11,20H2,1H3;1H4. The Kier molecular flexibility index (Phi) is 4.86. The molecule has 0 bridgehead atoms. The van der Waals surface area contributed by atoms with Crippen LogP contribution in [0.5, 0.6) is 0 Å². The number of aromatic nitrogens is 2. The second-order valence-corrected chi connectivity index (χ2v) is 6.11. The molecule has 0 unspecified atom stereocenters. The topological polar surface area (TPSA) is 64.3 Å². The molecule has 1 aliphatic heterocycles. The molecule has 25 heavy (non-hydrogen) atoms. The van der Waals surface area contributed by atoms with Crippen molar-refractivity contribution < 1.29 is 4.74 Å². The molecule has 2 aromatic carbocycles. The van der Waals surface area contributed by atoms with Gasteiger partial charge in [0.2, 0.25) is 0 Å². The molecule has 0 saturated carbocycles. The normalized spacial score (nSPS) is 14.4. The van der Waals surface area contributed by atoms with E-state index in [4.69, 9.17) is 20.4 Å². The quantitative estimate of drug-likeness (QED) is 0.724. The van der Waals surface area contributed by atoms with Gasteiger partial charge in [0.25, 0.3) is 0 Å². The first-order valence-corrected chi connectivity index (χ1v) is 8.18. The SMILES string of the molecule is C.Cc1ccc2c(N3CCOCC3)nc(-c3ccc(N)cc3)nc2c1. The van der Waals surface area contributed by atoms with Gasteiger partial charge in [-0.2, -0.15) is 0 Å². The number of ether oxygens (including phenoxy) is 1. The van der Waals surface area contributed by atoms with Crippen molar-refractivity contribution in [1.82, 2.24) is 9.97 Å². The molecule has 0 atom stereocenters. The van der Waals surface area contributed by atoms with Crippen LogP contribution in [0.25, 0.3) is 22.3 Å². The summed E-state index contributed by atoms with van der Waals surface area (Å²) in [6.07, 6.45) is 0. The minimum absolute atomic E-state index is 0. The molecule has 0 spiro atoms.